The fourth-order valence-electron chi connectivity index (χ4n) is 1.32. The maximum atomic E-state index is 10.9. The fraction of sp³-hybridized carbons (Fsp3) is 0.538. The highest BCUT2D eigenvalue weighted by Crippen LogP contribution is 2.28. The van der Waals surface area contributed by atoms with Crippen LogP contribution in [-0.2, 0) is 0 Å². The summed E-state index contributed by atoms with van der Waals surface area (Å²) in [6.45, 7) is 6.37. The first-order valence-corrected chi connectivity index (χ1v) is 6.16. The average molecular weight is 268 g/mol. The van der Waals surface area contributed by atoms with Crippen LogP contribution in [0.15, 0.2) is 18.2 Å². The quantitative estimate of drug-likeness (QED) is 0.606. The van der Waals surface area contributed by atoms with E-state index in [-0.39, 0.29) is 12.3 Å². The molecule has 1 aromatic rings. The molecule has 19 heavy (non-hydrogen) atoms. The fourth-order valence-corrected chi connectivity index (χ4v) is 1.32. The summed E-state index contributed by atoms with van der Waals surface area (Å²) < 4.78 is 10.9. The van der Waals surface area contributed by atoms with Crippen LogP contribution in [-0.4, -0.2) is 23.7 Å². The minimum atomic E-state index is -0.505. The molecule has 0 aliphatic carbocycles. The minimum absolute atomic E-state index is 0.0570. The van der Waals surface area contributed by atoms with Crippen LogP contribution in [0.2, 0.25) is 0 Å². The zero-order valence-electron chi connectivity index (χ0n) is 11.5. The van der Waals surface area contributed by atoms with Crippen molar-refractivity contribution in [3.8, 4) is 11.5 Å². The zero-order chi connectivity index (χ0) is 14.5. The first-order valence-electron chi connectivity index (χ1n) is 6.16. The molecule has 0 unspecified atom stereocenters. The number of hydrogen-bond acceptors (Lipinski definition) is 5. The van der Waals surface area contributed by atoms with Crippen molar-refractivity contribution < 1.29 is 14.4 Å². The van der Waals surface area contributed by atoms with Crippen LogP contribution in [0.3, 0.4) is 0 Å². The third kappa shape index (κ3) is 5.56. The molecule has 0 aliphatic heterocycles. The van der Waals surface area contributed by atoms with Gasteiger partial charge < -0.3 is 15.2 Å². The number of ether oxygens (including phenoxy) is 2. The van der Waals surface area contributed by atoms with Crippen LogP contribution < -0.4 is 15.2 Å². The van der Waals surface area contributed by atoms with Gasteiger partial charge in [0.2, 0.25) is 0 Å². The van der Waals surface area contributed by atoms with Crippen LogP contribution in [0.25, 0.3) is 0 Å². The van der Waals surface area contributed by atoms with Crippen molar-refractivity contribution in [1.29, 1.82) is 0 Å². The summed E-state index contributed by atoms with van der Waals surface area (Å²) in [5.41, 5.74) is 5.25. The van der Waals surface area contributed by atoms with Gasteiger partial charge in [-0.25, -0.2) is 0 Å². The highest BCUT2D eigenvalue weighted by Gasteiger charge is 2.15. The number of nitrogens with two attached hydrogens (primary N) is 1. The van der Waals surface area contributed by atoms with Gasteiger partial charge >= 0.3 is 0 Å². The molecule has 0 heterocycles. The Kier molecular flexibility index (Phi) is 5.11. The Bertz CT molecular complexity index is 441. The molecule has 1 rings (SSSR count). The molecule has 0 atom stereocenters. The lowest BCUT2D eigenvalue weighted by Crippen LogP contribution is -2.38. The van der Waals surface area contributed by atoms with Crippen LogP contribution in [0.4, 0.5) is 5.69 Å². The van der Waals surface area contributed by atoms with E-state index >= 15 is 0 Å². The van der Waals surface area contributed by atoms with Crippen molar-refractivity contribution in [2.24, 2.45) is 5.73 Å². The van der Waals surface area contributed by atoms with Gasteiger partial charge in [0.1, 0.15) is 18.1 Å². The summed E-state index contributed by atoms with van der Waals surface area (Å²) in [6.07, 6.45) is 0.828. The van der Waals surface area contributed by atoms with Crippen molar-refractivity contribution in [2.45, 2.75) is 32.7 Å². The lowest BCUT2D eigenvalue weighted by atomic mass is 10.1. The van der Waals surface area contributed by atoms with Gasteiger partial charge in [0.25, 0.3) is 5.69 Å². The van der Waals surface area contributed by atoms with E-state index in [4.69, 9.17) is 15.2 Å². The smallest absolute Gasteiger partial charge is 0.276 e. The van der Waals surface area contributed by atoms with Gasteiger partial charge in [-0.1, -0.05) is 6.92 Å². The Morgan fingerprint density at radius 3 is 2.32 bits per heavy atom. The summed E-state index contributed by atoms with van der Waals surface area (Å²) in [5, 5.41) is 10.9. The molecule has 2 N–H and O–H groups in total. The molecule has 0 bridgehead atoms. The summed E-state index contributed by atoms with van der Waals surface area (Å²) in [6, 6.07) is 4.38. The largest absolute Gasteiger partial charge is 0.493 e. The summed E-state index contributed by atoms with van der Waals surface area (Å²) in [5.74, 6) is 0.819. The second-order valence-corrected chi connectivity index (χ2v) is 5.05. The topological polar surface area (TPSA) is 87.6 Å². The van der Waals surface area contributed by atoms with Crippen LogP contribution in [0.1, 0.15) is 27.2 Å². The second-order valence-electron chi connectivity index (χ2n) is 5.05. The molecule has 0 amide bonds. The normalized spacial score (nSPS) is 11.2. The lowest BCUT2D eigenvalue weighted by Gasteiger charge is -2.19. The Hall–Kier alpha value is -1.82. The number of non-ortho nitro benzene ring substituents is 1. The van der Waals surface area contributed by atoms with E-state index in [1.165, 1.54) is 12.1 Å². The Balaban J connectivity index is 2.89. The molecule has 0 saturated heterocycles. The number of nitro benzene ring substituents is 1. The van der Waals surface area contributed by atoms with Gasteiger partial charge in [0.15, 0.2) is 0 Å². The van der Waals surface area contributed by atoms with E-state index in [2.05, 4.69) is 0 Å². The van der Waals surface area contributed by atoms with E-state index in [1.54, 1.807) is 6.07 Å². The number of rotatable bonds is 7. The molecule has 6 heteroatoms. The maximum Gasteiger partial charge on any atom is 0.276 e. The van der Waals surface area contributed by atoms with Crippen molar-refractivity contribution in [3.05, 3.63) is 28.3 Å². The van der Waals surface area contributed by atoms with Gasteiger partial charge in [-0.15, -0.1) is 0 Å². The van der Waals surface area contributed by atoms with Crippen LogP contribution in [0.5, 0.6) is 11.5 Å². The van der Waals surface area contributed by atoms with E-state index in [0.717, 1.165) is 6.42 Å². The van der Waals surface area contributed by atoms with Gasteiger partial charge in [0.05, 0.1) is 23.7 Å². The predicted molar refractivity (Wildman–Crippen MR) is 72.6 cm³/mol. The van der Waals surface area contributed by atoms with E-state index in [0.29, 0.717) is 18.1 Å². The molecule has 0 saturated carbocycles. The first kappa shape index (κ1) is 15.2. The molecular formula is C13H20N2O4. The minimum Gasteiger partial charge on any atom is -0.493 e. The first-order chi connectivity index (χ1) is 8.81. The predicted octanol–water partition coefficient (Wildman–Crippen LogP) is 2.50. The second kappa shape index (κ2) is 6.38. The molecule has 106 valence electrons. The van der Waals surface area contributed by atoms with Crippen molar-refractivity contribution in [3.63, 3.8) is 0 Å². The van der Waals surface area contributed by atoms with Crippen molar-refractivity contribution in [2.75, 3.05) is 13.2 Å². The highest BCUT2D eigenvalue weighted by molar-refractivity contribution is 5.46. The lowest BCUT2D eigenvalue weighted by molar-refractivity contribution is -0.385. The molecule has 0 aromatic heterocycles. The molecule has 0 spiro atoms. The van der Waals surface area contributed by atoms with Gasteiger partial charge in [0, 0.05) is 11.6 Å². The van der Waals surface area contributed by atoms with Gasteiger partial charge in [-0.05, 0) is 20.3 Å². The van der Waals surface area contributed by atoms with E-state index in [1.807, 2.05) is 20.8 Å². The SMILES string of the molecule is CCCOc1cc(OCC(C)(C)N)cc([N+](=O)[O-])c1. The average Bonchev–Trinajstić information content (AvgIpc) is 2.32. The highest BCUT2D eigenvalue weighted by atomic mass is 16.6. The van der Waals surface area contributed by atoms with Crippen LogP contribution >= 0.6 is 0 Å². The Morgan fingerprint density at radius 2 is 1.84 bits per heavy atom. The molecular weight excluding hydrogens is 248 g/mol. The number of nitrogens with zero attached hydrogens (tertiary/aromatic N) is 1. The van der Waals surface area contributed by atoms with Crippen molar-refractivity contribution >= 4 is 5.69 Å². The number of nitro groups is 1. The molecule has 6 nitrogen and oxygen atoms in total. The Labute approximate surface area is 112 Å². The third-order valence-electron chi connectivity index (χ3n) is 2.16. The number of benzene rings is 1. The van der Waals surface area contributed by atoms with E-state index < -0.39 is 10.5 Å². The zero-order valence-corrected chi connectivity index (χ0v) is 11.5. The monoisotopic (exact) mass is 268 g/mol. The summed E-state index contributed by atoms with van der Waals surface area (Å²) in [7, 11) is 0. The molecule has 0 radical (unpaired) electrons. The summed E-state index contributed by atoms with van der Waals surface area (Å²) >= 11 is 0. The van der Waals surface area contributed by atoms with Crippen molar-refractivity contribution in [1.82, 2.24) is 0 Å². The van der Waals surface area contributed by atoms with Gasteiger partial charge in [-0.2, -0.15) is 0 Å². The molecule has 0 aliphatic rings. The van der Waals surface area contributed by atoms with Gasteiger partial charge in [-0.3, -0.25) is 10.1 Å². The Morgan fingerprint density at radius 1 is 1.26 bits per heavy atom. The third-order valence-corrected chi connectivity index (χ3v) is 2.16. The standard InChI is InChI=1S/C13H20N2O4/c1-4-5-18-11-6-10(15(16)17)7-12(8-11)19-9-13(2,3)14/h6-8H,4-5,9,14H2,1-3H3. The summed E-state index contributed by atoms with van der Waals surface area (Å²) in [4.78, 5) is 10.4. The number of hydrogen-bond donors (Lipinski definition) is 1. The molecule has 0 fully saturated rings. The maximum absolute atomic E-state index is 10.9. The van der Waals surface area contributed by atoms with E-state index in [9.17, 15) is 10.1 Å². The van der Waals surface area contributed by atoms with Crippen LogP contribution in [0, 0.1) is 10.1 Å². The molecule has 1 aromatic carbocycles.